The van der Waals surface area contributed by atoms with E-state index in [0.717, 1.165) is 19.5 Å². The summed E-state index contributed by atoms with van der Waals surface area (Å²) >= 11 is 0. The topological polar surface area (TPSA) is 38.7 Å². The van der Waals surface area contributed by atoms with Gasteiger partial charge in [-0.2, -0.15) is 0 Å². The molecule has 0 saturated carbocycles. The molecule has 0 heterocycles. The van der Waals surface area contributed by atoms with Crippen LogP contribution in [0.5, 0.6) is 5.75 Å². The lowest BCUT2D eigenvalue weighted by molar-refractivity contribution is 0.0893. The van der Waals surface area contributed by atoms with Gasteiger partial charge in [0.25, 0.3) is 0 Å². The van der Waals surface area contributed by atoms with E-state index in [1.54, 1.807) is 7.11 Å². The summed E-state index contributed by atoms with van der Waals surface area (Å²) < 4.78 is 10.8. The van der Waals surface area contributed by atoms with Gasteiger partial charge in [0.05, 0.1) is 13.7 Å². The summed E-state index contributed by atoms with van der Waals surface area (Å²) in [6.45, 7) is 5.98. The quantitative estimate of drug-likeness (QED) is 0.811. The molecular weight excluding hydrogens is 228 g/mol. The number of aliphatic hydroxyl groups excluding tert-OH is 1. The average Bonchev–Trinajstić information content (AvgIpc) is 2.42. The Kier molecular flexibility index (Phi) is 10.4. The molecule has 0 bridgehead atoms. The smallest absolute Gasteiger partial charge is 0.118 e. The van der Waals surface area contributed by atoms with Gasteiger partial charge in [0, 0.05) is 13.7 Å². The van der Waals surface area contributed by atoms with Gasteiger partial charge >= 0.3 is 0 Å². The third-order valence-electron chi connectivity index (χ3n) is 2.61. The van der Waals surface area contributed by atoms with Crippen molar-refractivity contribution >= 4 is 0 Å². The molecule has 0 radical (unpaired) electrons. The van der Waals surface area contributed by atoms with E-state index in [1.807, 2.05) is 24.3 Å². The molecule has 0 spiro atoms. The van der Waals surface area contributed by atoms with Crippen LogP contribution in [0.2, 0.25) is 0 Å². The first-order valence-corrected chi connectivity index (χ1v) is 6.41. The van der Waals surface area contributed by atoms with Gasteiger partial charge in [0.2, 0.25) is 0 Å². The van der Waals surface area contributed by atoms with Crippen molar-refractivity contribution in [2.75, 3.05) is 20.8 Å². The second-order valence-corrected chi connectivity index (χ2v) is 4.26. The van der Waals surface area contributed by atoms with Gasteiger partial charge in [0.1, 0.15) is 5.75 Å². The molecule has 104 valence electrons. The minimum absolute atomic E-state index is 0.656. The van der Waals surface area contributed by atoms with Crippen molar-refractivity contribution in [2.24, 2.45) is 5.92 Å². The Hall–Kier alpha value is -1.06. The fourth-order valence-electron chi connectivity index (χ4n) is 1.68. The average molecular weight is 254 g/mol. The van der Waals surface area contributed by atoms with Crippen LogP contribution >= 0.6 is 0 Å². The van der Waals surface area contributed by atoms with Gasteiger partial charge < -0.3 is 14.6 Å². The van der Waals surface area contributed by atoms with Crippen LogP contribution < -0.4 is 4.74 Å². The second kappa shape index (κ2) is 11.1. The Morgan fingerprint density at radius 1 is 1.17 bits per heavy atom. The van der Waals surface area contributed by atoms with Crippen molar-refractivity contribution in [3.05, 3.63) is 29.8 Å². The summed E-state index contributed by atoms with van der Waals surface area (Å²) in [7, 11) is 2.68. The Labute approximate surface area is 111 Å². The van der Waals surface area contributed by atoms with Crippen molar-refractivity contribution in [1.29, 1.82) is 0 Å². The molecule has 1 atom stereocenters. The van der Waals surface area contributed by atoms with Crippen LogP contribution in [0.25, 0.3) is 0 Å². The fraction of sp³-hybridized carbons (Fsp3) is 0.600. The summed E-state index contributed by atoms with van der Waals surface area (Å²) in [5.74, 6) is 1.55. The number of methoxy groups -OCH3 is 1. The van der Waals surface area contributed by atoms with Gasteiger partial charge in [-0.25, -0.2) is 0 Å². The monoisotopic (exact) mass is 254 g/mol. The molecule has 0 aliphatic heterocycles. The molecule has 0 fully saturated rings. The van der Waals surface area contributed by atoms with E-state index < -0.39 is 0 Å². The largest absolute Gasteiger partial charge is 0.497 e. The van der Waals surface area contributed by atoms with Crippen LogP contribution in [0.1, 0.15) is 32.3 Å². The van der Waals surface area contributed by atoms with Crippen molar-refractivity contribution in [3.8, 4) is 5.75 Å². The zero-order chi connectivity index (χ0) is 13.8. The number of hydrogen-bond acceptors (Lipinski definition) is 3. The molecule has 1 aromatic carbocycles. The van der Waals surface area contributed by atoms with E-state index in [-0.39, 0.29) is 0 Å². The molecule has 0 amide bonds. The van der Waals surface area contributed by atoms with Crippen LogP contribution in [-0.2, 0) is 11.3 Å². The molecule has 1 N–H and O–H groups in total. The lowest BCUT2D eigenvalue weighted by atomic mass is 10.1. The van der Waals surface area contributed by atoms with Gasteiger partial charge in [0.15, 0.2) is 0 Å². The van der Waals surface area contributed by atoms with Gasteiger partial charge in [-0.1, -0.05) is 32.4 Å². The highest BCUT2D eigenvalue weighted by Gasteiger charge is 2.01. The predicted molar refractivity (Wildman–Crippen MR) is 74.9 cm³/mol. The van der Waals surface area contributed by atoms with Crippen LogP contribution in [0, 0.1) is 5.92 Å². The third-order valence-corrected chi connectivity index (χ3v) is 2.61. The maximum atomic E-state index is 7.00. The second-order valence-electron chi connectivity index (χ2n) is 4.26. The van der Waals surface area contributed by atoms with Crippen molar-refractivity contribution in [2.45, 2.75) is 33.3 Å². The molecule has 1 unspecified atom stereocenters. The molecular formula is C15H26O3. The summed E-state index contributed by atoms with van der Waals surface area (Å²) in [4.78, 5) is 0. The highest BCUT2D eigenvalue weighted by Crippen LogP contribution is 2.13. The minimum atomic E-state index is 0.656. The van der Waals surface area contributed by atoms with Crippen LogP contribution in [0.3, 0.4) is 0 Å². The SMILES string of the molecule is CCCC(C)COCc1ccc(OC)cc1.CO. The lowest BCUT2D eigenvalue weighted by Gasteiger charge is -2.10. The highest BCUT2D eigenvalue weighted by atomic mass is 16.5. The number of rotatable bonds is 7. The van der Waals surface area contributed by atoms with Gasteiger partial charge in [-0.05, 0) is 30.0 Å². The number of aliphatic hydroxyl groups is 1. The minimum Gasteiger partial charge on any atom is -0.497 e. The van der Waals surface area contributed by atoms with Crippen molar-refractivity contribution in [1.82, 2.24) is 0 Å². The molecule has 1 rings (SSSR count). The van der Waals surface area contributed by atoms with Crippen LogP contribution in [0.15, 0.2) is 24.3 Å². The summed E-state index contributed by atoms with van der Waals surface area (Å²) in [6, 6.07) is 8.02. The normalized spacial score (nSPS) is 11.4. The standard InChI is InChI=1S/C14H22O2.CH4O/c1-4-5-12(2)10-16-11-13-6-8-14(15-3)9-7-13;1-2/h6-9,12H,4-5,10-11H2,1-3H3;2H,1H3. The molecule has 1 aromatic rings. The molecule has 0 aliphatic rings. The Balaban J connectivity index is 0.00000137. The first-order valence-electron chi connectivity index (χ1n) is 6.41. The fourth-order valence-corrected chi connectivity index (χ4v) is 1.68. The first kappa shape index (κ1) is 16.9. The predicted octanol–water partition coefficient (Wildman–Crippen LogP) is 3.26. The number of hydrogen-bond donors (Lipinski definition) is 1. The molecule has 0 aromatic heterocycles. The van der Waals surface area contributed by atoms with E-state index >= 15 is 0 Å². The summed E-state index contributed by atoms with van der Waals surface area (Å²) in [6.07, 6.45) is 2.47. The van der Waals surface area contributed by atoms with E-state index in [0.29, 0.717) is 12.5 Å². The zero-order valence-corrected chi connectivity index (χ0v) is 12.0. The van der Waals surface area contributed by atoms with Gasteiger partial charge in [-0.15, -0.1) is 0 Å². The molecule has 18 heavy (non-hydrogen) atoms. The van der Waals surface area contributed by atoms with E-state index in [9.17, 15) is 0 Å². The Morgan fingerprint density at radius 3 is 2.28 bits per heavy atom. The maximum Gasteiger partial charge on any atom is 0.118 e. The Morgan fingerprint density at radius 2 is 1.78 bits per heavy atom. The molecule has 0 saturated heterocycles. The molecule has 3 heteroatoms. The first-order chi connectivity index (χ1) is 8.76. The number of ether oxygens (including phenoxy) is 2. The zero-order valence-electron chi connectivity index (χ0n) is 12.0. The van der Waals surface area contributed by atoms with Gasteiger partial charge in [-0.3, -0.25) is 0 Å². The van der Waals surface area contributed by atoms with E-state index in [1.165, 1.54) is 18.4 Å². The molecule has 0 aliphatic carbocycles. The summed E-state index contributed by atoms with van der Waals surface area (Å²) in [5, 5.41) is 7.00. The molecule has 3 nitrogen and oxygen atoms in total. The van der Waals surface area contributed by atoms with Crippen LogP contribution in [0.4, 0.5) is 0 Å². The van der Waals surface area contributed by atoms with Crippen molar-refractivity contribution in [3.63, 3.8) is 0 Å². The highest BCUT2D eigenvalue weighted by molar-refractivity contribution is 5.26. The summed E-state index contributed by atoms with van der Waals surface area (Å²) in [5.41, 5.74) is 1.20. The Bertz CT molecular complexity index is 282. The van der Waals surface area contributed by atoms with E-state index in [4.69, 9.17) is 14.6 Å². The maximum absolute atomic E-state index is 7.00. The van der Waals surface area contributed by atoms with Crippen molar-refractivity contribution < 1.29 is 14.6 Å². The third kappa shape index (κ3) is 7.30. The van der Waals surface area contributed by atoms with E-state index in [2.05, 4.69) is 13.8 Å². The lowest BCUT2D eigenvalue weighted by Crippen LogP contribution is -2.05. The number of benzene rings is 1. The van der Waals surface area contributed by atoms with Crippen LogP contribution in [-0.4, -0.2) is 25.9 Å².